The molecular weight excluding hydrogens is 268 g/mol. The highest BCUT2D eigenvalue weighted by atomic mass is 16.2. The summed E-state index contributed by atoms with van der Waals surface area (Å²) in [5.74, 6) is -0.624. The van der Waals surface area contributed by atoms with Gasteiger partial charge in [-0.05, 0) is 25.0 Å². The van der Waals surface area contributed by atoms with E-state index in [1.807, 2.05) is 24.3 Å². The van der Waals surface area contributed by atoms with Crippen molar-refractivity contribution in [1.29, 1.82) is 0 Å². The van der Waals surface area contributed by atoms with Crippen LogP contribution in [0.5, 0.6) is 0 Å². The van der Waals surface area contributed by atoms with E-state index in [2.05, 4.69) is 15.3 Å². The molecule has 6 nitrogen and oxygen atoms in total. The number of nitrogens with two attached hydrogens (primary N) is 1. The van der Waals surface area contributed by atoms with Crippen LogP contribution < -0.4 is 11.1 Å². The van der Waals surface area contributed by atoms with Crippen LogP contribution in [0.4, 0.5) is 0 Å². The molecule has 2 amide bonds. The zero-order chi connectivity index (χ0) is 14.8. The van der Waals surface area contributed by atoms with Crippen molar-refractivity contribution in [3.63, 3.8) is 0 Å². The summed E-state index contributed by atoms with van der Waals surface area (Å²) >= 11 is 0. The van der Waals surface area contributed by atoms with Gasteiger partial charge in [-0.2, -0.15) is 0 Å². The zero-order valence-corrected chi connectivity index (χ0v) is 11.5. The number of nitrogens with zero attached hydrogens (tertiary/aromatic N) is 2. The van der Waals surface area contributed by atoms with Crippen LogP contribution in [0, 0.1) is 5.92 Å². The SMILES string of the molecule is NC(=O)[C@@H](Cc1cnc2ccccc2n1)NC(=O)C1CC1. The molecule has 3 N–H and O–H groups in total. The fourth-order valence-electron chi connectivity index (χ4n) is 2.16. The van der Waals surface area contributed by atoms with Crippen LogP contribution in [0.15, 0.2) is 30.5 Å². The van der Waals surface area contributed by atoms with E-state index >= 15 is 0 Å². The van der Waals surface area contributed by atoms with Crippen molar-refractivity contribution in [2.75, 3.05) is 0 Å². The van der Waals surface area contributed by atoms with Crippen LogP contribution in [-0.4, -0.2) is 27.8 Å². The van der Waals surface area contributed by atoms with E-state index in [1.165, 1.54) is 0 Å². The molecule has 0 unspecified atom stereocenters. The van der Waals surface area contributed by atoms with Gasteiger partial charge in [0, 0.05) is 18.5 Å². The predicted molar refractivity (Wildman–Crippen MR) is 77.1 cm³/mol. The third kappa shape index (κ3) is 3.16. The molecule has 1 heterocycles. The molecule has 1 aromatic heterocycles. The Morgan fingerprint density at radius 2 is 2.00 bits per heavy atom. The third-order valence-corrected chi connectivity index (χ3v) is 3.52. The van der Waals surface area contributed by atoms with Crippen LogP contribution in [0.1, 0.15) is 18.5 Å². The summed E-state index contributed by atoms with van der Waals surface area (Å²) in [7, 11) is 0. The second kappa shape index (κ2) is 5.47. The molecule has 0 bridgehead atoms. The lowest BCUT2D eigenvalue weighted by Crippen LogP contribution is -2.46. The van der Waals surface area contributed by atoms with Crippen molar-refractivity contribution in [3.8, 4) is 0 Å². The maximum atomic E-state index is 11.8. The molecule has 0 aliphatic heterocycles. The van der Waals surface area contributed by atoms with E-state index in [0.29, 0.717) is 5.69 Å². The minimum Gasteiger partial charge on any atom is -0.368 e. The fraction of sp³-hybridized carbons (Fsp3) is 0.333. The highest BCUT2D eigenvalue weighted by Gasteiger charge is 2.32. The van der Waals surface area contributed by atoms with Crippen LogP contribution in [-0.2, 0) is 16.0 Å². The number of aromatic nitrogens is 2. The van der Waals surface area contributed by atoms with E-state index in [1.54, 1.807) is 6.20 Å². The van der Waals surface area contributed by atoms with Crippen molar-refractivity contribution in [2.45, 2.75) is 25.3 Å². The van der Waals surface area contributed by atoms with Crippen molar-refractivity contribution in [2.24, 2.45) is 11.7 Å². The molecule has 6 heteroatoms. The summed E-state index contributed by atoms with van der Waals surface area (Å²) in [5, 5.41) is 2.69. The van der Waals surface area contributed by atoms with Crippen LogP contribution in [0.25, 0.3) is 11.0 Å². The molecular formula is C15H16N4O2. The topological polar surface area (TPSA) is 98.0 Å². The number of hydrogen-bond acceptors (Lipinski definition) is 4. The number of para-hydroxylation sites is 2. The van der Waals surface area contributed by atoms with Gasteiger partial charge >= 0.3 is 0 Å². The van der Waals surface area contributed by atoms with E-state index in [-0.39, 0.29) is 18.2 Å². The summed E-state index contributed by atoms with van der Waals surface area (Å²) < 4.78 is 0. The van der Waals surface area contributed by atoms with Crippen molar-refractivity contribution < 1.29 is 9.59 Å². The number of carbonyl (C=O) groups excluding carboxylic acids is 2. The molecule has 0 saturated heterocycles. The van der Waals surface area contributed by atoms with Gasteiger partial charge < -0.3 is 11.1 Å². The number of primary amides is 1. The van der Waals surface area contributed by atoms with Crippen LogP contribution >= 0.6 is 0 Å². The summed E-state index contributed by atoms with van der Waals surface area (Å²) in [6, 6.07) is 6.74. The Labute approximate surface area is 121 Å². The lowest BCUT2D eigenvalue weighted by molar-refractivity contribution is -0.128. The molecule has 0 radical (unpaired) electrons. The Morgan fingerprint density at radius 1 is 1.29 bits per heavy atom. The number of fused-ring (bicyclic) bond motifs is 1. The number of nitrogens with one attached hydrogen (secondary N) is 1. The molecule has 1 fully saturated rings. The first-order valence-corrected chi connectivity index (χ1v) is 6.94. The normalized spacial score (nSPS) is 15.6. The number of hydrogen-bond donors (Lipinski definition) is 2. The van der Waals surface area contributed by atoms with E-state index in [0.717, 1.165) is 23.9 Å². The summed E-state index contributed by atoms with van der Waals surface area (Å²) in [4.78, 5) is 32.0. The first kappa shape index (κ1) is 13.5. The minimum atomic E-state index is -0.742. The molecule has 21 heavy (non-hydrogen) atoms. The van der Waals surface area contributed by atoms with E-state index in [4.69, 9.17) is 5.73 Å². The van der Waals surface area contributed by atoms with Gasteiger partial charge in [-0.15, -0.1) is 0 Å². The second-order valence-electron chi connectivity index (χ2n) is 5.29. The summed E-state index contributed by atoms with van der Waals surface area (Å²) in [5.41, 5.74) is 7.54. The van der Waals surface area contributed by atoms with Gasteiger partial charge in [0.25, 0.3) is 0 Å². The van der Waals surface area contributed by atoms with E-state index < -0.39 is 11.9 Å². The number of benzene rings is 1. The Hall–Kier alpha value is -2.50. The monoisotopic (exact) mass is 284 g/mol. The predicted octanol–water partition coefficient (Wildman–Crippen LogP) is 0.552. The second-order valence-corrected chi connectivity index (χ2v) is 5.29. The first-order chi connectivity index (χ1) is 10.1. The maximum Gasteiger partial charge on any atom is 0.240 e. The number of carbonyl (C=O) groups is 2. The van der Waals surface area contributed by atoms with Gasteiger partial charge in [-0.3, -0.25) is 14.6 Å². The largest absolute Gasteiger partial charge is 0.368 e. The Kier molecular flexibility index (Phi) is 3.51. The van der Waals surface area contributed by atoms with Gasteiger partial charge in [0.2, 0.25) is 11.8 Å². The molecule has 1 saturated carbocycles. The molecule has 3 rings (SSSR count). The molecule has 1 aliphatic carbocycles. The highest BCUT2D eigenvalue weighted by Crippen LogP contribution is 2.28. The third-order valence-electron chi connectivity index (χ3n) is 3.52. The standard InChI is InChI=1S/C15H16N4O2/c16-14(20)13(19-15(21)9-5-6-9)7-10-8-17-11-3-1-2-4-12(11)18-10/h1-4,8-9,13H,5-7H2,(H2,16,20)(H,19,21)/t13-/m1/s1. The highest BCUT2D eigenvalue weighted by molar-refractivity contribution is 5.88. The Bertz CT molecular complexity index is 697. The lowest BCUT2D eigenvalue weighted by atomic mass is 10.1. The van der Waals surface area contributed by atoms with Gasteiger partial charge in [0.1, 0.15) is 6.04 Å². The van der Waals surface area contributed by atoms with E-state index in [9.17, 15) is 9.59 Å². The van der Waals surface area contributed by atoms with Gasteiger partial charge in [-0.25, -0.2) is 4.98 Å². The first-order valence-electron chi connectivity index (χ1n) is 6.94. The smallest absolute Gasteiger partial charge is 0.240 e. The molecule has 1 atom stereocenters. The van der Waals surface area contributed by atoms with Crippen molar-refractivity contribution >= 4 is 22.8 Å². The van der Waals surface area contributed by atoms with Crippen molar-refractivity contribution in [1.82, 2.24) is 15.3 Å². The number of amides is 2. The minimum absolute atomic E-state index is 0.0366. The average Bonchev–Trinajstić information content (AvgIpc) is 3.31. The molecule has 1 aromatic carbocycles. The van der Waals surface area contributed by atoms with Crippen LogP contribution in [0.2, 0.25) is 0 Å². The molecule has 108 valence electrons. The summed E-state index contributed by atoms with van der Waals surface area (Å²) in [6.45, 7) is 0. The quantitative estimate of drug-likeness (QED) is 0.837. The number of rotatable bonds is 5. The Morgan fingerprint density at radius 3 is 2.67 bits per heavy atom. The molecule has 1 aliphatic rings. The summed E-state index contributed by atoms with van der Waals surface area (Å²) in [6.07, 6.45) is 3.63. The molecule has 0 spiro atoms. The Balaban J connectivity index is 1.76. The lowest BCUT2D eigenvalue weighted by Gasteiger charge is -2.15. The molecule has 2 aromatic rings. The average molecular weight is 284 g/mol. The van der Waals surface area contributed by atoms with Gasteiger partial charge in [0.05, 0.1) is 16.7 Å². The van der Waals surface area contributed by atoms with Gasteiger partial charge in [0.15, 0.2) is 0 Å². The van der Waals surface area contributed by atoms with Gasteiger partial charge in [-0.1, -0.05) is 12.1 Å². The van der Waals surface area contributed by atoms with Crippen molar-refractivity contribution in [3.05, 3.63) is 36.2 Å². The zero-order valence-electron chi connectivity index (χ0n) is 11.5. The van der Waals surface area contributed by atoms with Crippen LogP contribution in [0.3, 0.4) is 0 Å². The fourth-order valence-corrected chi connectivity index (χ4v) is 2.16. The maximum absolute atomic E-state index is 11.8.